The van der Waals surface area contributed by atoms with Gasteiger partial charge in [0.1, 0.15) is 36.3 Å². The first-order valence-corrected chi connectivity index (χ1v) is 20.4. The molecule has 9 N–H and O–H groups in total. The molecule has 312 valence electrons. The lowest BCUT2D eigenvalue weighted by Gasteiger charge is -2.32. The number of aromatic amines is 1. The topological polar surface area (TPSA) is 228 Å². The van der Waals surface area contributed by atoms with Gasteiger partial charge in [-0.1, -0.05) is 78.9 Å². The van der Waals surface area contributed by atoms with Crippen molar-refractivity contribution in [3.8, 4) is 0 Å². The fourth-order valence-corrected chi connectivity index (χ4v) is 7.84. The van der Waals surface area contributed by atoms with Crippen LogP contribution in [0.4, 0.5) is 0 Å². The summed E-state index contributed by atoms with van der Waals surface area (Å²) in [5, 5.41) is 25.7. The number of rotatable bonds is 11. The summed E-state index contributed by atoms with van der Waals surface area (Å²) in [5.41, 5.74) is 8.81. The molecule has 0 bridgehead atoms. The van der Waals surface area contributed by atoms with Crippen LogP contribution < -0.4 is 32.3 Å². The average Bonchev–Trinajstić information content (AvgIpc) is 3.90. The van der Waals surface area contributed by atoms with Crippen molar-refractivity contribution >= 4 is 46.3 Å². The third-order valence-electron chi connectivity index (χ3n) is 11.0. The molecule has 3 aromatic carbocycles. The number of benzene rings is 3. The summed E-state index contributed by atoms with van der Waals surface area (Å²) in [7, 11) is 0. The fraction of sp³-hybridized carbons (Fsp3) is 0.409. The third kappa shape index (κ3) is 10.9. The number of hydrogen-bond donors (Lipinski definition) is 8. The first-order valence-electron chi connectivity index (χ1n) is 20.4. The lowest BCUT2D eigenvalue weighted by molar-refractivity contribution is -0.143. The second-order valence-corrected chi connectivity index (χ2v) is 15.4. The molecule has 3 heterocycles. The van der Waals surface area contributed by atoms with Crippen molar-refractivity contribution in [2.24, 2.45) is 5.73 Å². The number of aromatic nitrogens is 1. The van der Waals surface area contributed by atoms with E-state index in [2.05, 4.69) is 31.6 Å². The van der Waals surface area contributed by atoms with Crippen molar-refractivity contribution in [1.82, 2.24) is 36.5 Å². The van der Waals surface area contributed by atoms with Gasteiger partial charge >= 0.3 is 0 Å². The van der Waals surface area contributed by atoms with E-state index in [-0.39, 0.29) is 32.2 Å². The Kier molecular flexibility index (Phi) is 14.5. The van der Waals surface area contributed by atoms with Crippen molar-refractivity contribution in [2.45, 2.75) is 101 Å². The number of carbonyl (C=O) groups is 6. The number of nitrogens with zero attached hydrogens (tertiary/aromatic N) is 1. The minimum atomic E-state index is -1.51. The normalized spacial score (nSPS) is 24.2. The largest absolute Gasteiger partial charge is 0.391 e. The molecule has 2 saturated heterocycles. The van der Waals surface area contributed by atoms with Crippen LogP contribution in [-0.2, 0) is 48.0 Å². The highest BCUT2D eigenvalue weighted by atomic mass is 16.3. The Morgan fingerprint density at radius 1 is 0.661 bits per heavy atom. The van der Waals surface area contributed by atoms with E-state index in [4.69, 9.17) is 5.73 Å². The number of carbonyl (C=O) groups excluding carboxylic acids is 6. The molecule has 7 atom stereocenters. The van der Waals surface area contributed by atoms with Crippen LogP contribution in [0.25, 0.3) is 10.9 Å². The van der Waals surface area contributed by atoms with Gasteiger partial charge < -0.3 is 47.3 Å². The Balaban J connectivity index is 1.40. The highest BCUT2D eigenvalue weighted by Gasteiger charge is 2.41. The lowest BCUT2D eigenvalue weighted by atomic mass is 10.00. The second-order valence-electron chi connectivity index (χ2n) is 15.4. The van der Waals surface area contributed by atoms with E-state index < -0.39 is 77.8 Å². The van der Waals surface area contributed by atoms with Gasteiger partial charge in [-0.05, 0) is 68.3 Å². The lowest BCUT2D eigenvalue weighted by Crippen LogP contribution is -2.63. The maximum Gasteiger partial charge on any atom is 0.246 e. The van der Waals surface area contributed by atoms with E-state index >= 15 is 0 Å². The number of unbranched alkanes of at least 4 members (excludes halogenated alkanes) is 1. The van der Waals surface area contributed by atoms with Crippen molar-refractivity contribution in [3.63, 3.8) is 0 Å². The molecule has 6 amide bonds. The minimum absolute atomic E-state index is 0.0249. The molecule has 2 aliphatic rings. The molecule has 2 aliphatic heterocycles. The van der Waals surface area contributed by atoms with Gasteiger partial charge in [0.15, 0.2) is 0 Å². The maximum absolute atomic E-state index is 14.5. The second kappa shape index (κ2) is 20.1. The van der Waals surface area contributed by atoms with Gasteiger partial charge in [0.2, 0.25) is 35.4 Å². The summed E-state index contributed by atoms with van der Waals surface area (Å²) < 4.78 is 0. The molecule has 0 aliphatic carbocycles. The highest BCUT2D eigenvalue weighted by molar-refractivity contribution is 5.99. The summed E-state index contributed by atoms with van der Waals surface area (Å²) in [6.07, 6.45) is 2.44. The molecule has 0 radical (unpaired) electrons. The molecule has 1 unspecified atom stereocenters. The molecule has 4 aromatic rings. The number of aliphatic hydroxyl groups excluding tert-OH is 1. The molecule has 15 nitrogen and oxygen atoms in total. The Morgan fingerprint density at radius 2 is 1.22 bits per heavy atom. The van der Waals surface area contributed by atoms with Crippen LogP contribution in [0.2, 0.25) is 0 Å². The molecule has 0 saturated carbocycles. The molecule has 1 aromatic heterocycles. The van der Waals surface area contributed by atoms with Crippen molar-refractivity contribution in [2.75, 3.05) is 13.1 Å². The number of nitrogens with two attached hydrogens (primary N) is 1. The molecule has 59 heavy (non-hydrogen) atoms. The standard InChI is InChI=1S/C44H54N8O7/c1-27(53)38-43(58)50-36(24-29-15-6-3-7-16-29)44(59)52-22-12-20-37(52)42(57)49-34(23-28-13-4-2-5-14-28)40(55)48-35(25-30-26-46-32-18-9-8-17-31(30)32)41(56)47-33(39(54)51-38)19-10-11-21-45/h2-9,13-18,26-27,33-38,46,53H,10-12,19-25,45H2,1H3,(H,47,56)(H,48,55)(H,49,57)(H,50,58)(H,51,54)/t27?,33-,34-,35+,36+,37+,38+/m0/s1. The smallest absolute Gasteiger partial charge is 0.246 e. The van der Waals surface area contributed by atoms with E-state index in [1.165, 1.54) is 11.8 Å². The van der Waals surface area contributed by atoms with E-state index in [1.54, 1.807) is 30.5 Å². The zero-order chi connectivity index (χ0) is 41.9. The first-order chi connectivity index (χ1) is 28.5. The van der Waals surface area contributed by atoms with Crippen LogP contribution in [0, 0.1) is 0 Å². The van der Waals surface area contributed by atoms with Gasteiger partial charge in [-0.2, -0.15) is 0 Å². The Morgan fingerprint density at radius 3 is 1.88 bits per heavy atom. The number of amides is 6. The maximum atomic E-state index is 14.5. The molecule has 0 spiro atoms. The van der Waals surface area contributed by atoms with Crippen molar-refractivity contribution < 1.29 is 33.9 Å². The van der Waals surface area contributed by atoms with E-state index in [1.807, 2.05) is 60.7 Å². The molecular formula is C44H54N8O7. The van der Waals surface area contributed by atoms with Gasteiger partial charge in [0.25, 0.3) is 0 Å². The highest BCUT2D eigenvalue weighted by Crippen LogP contribution is 2.22. The predicted molar refractivity (Wildman–Crippen MR) is 221 cm³/mol. The average molecular weight is 807 g/mol. The minimum Gasteiger partial charge on any atom is -0.391 e. The van der Waals surface area contributed by atoms with Gasteiger partial charge in [-0.15, -0.1) is 0 Å². The SMILES string of the molecule is CC(O)[C@H]1NC(=O)[C@H](CCCCN)NC(=O)[C@@H](Cc2c[nH]c3ccccc23)NC(=O)[C@H](Cc2ccccc2)NC(=O)[C@H]2CCCN2C(=O)[C@@H](Cc2ccccc2)NC1=O. The molecule has 6 rings (SSSR count). The number of aliphatic hydroxyl groups is 1. The quantitative estimate of drug-likeness (QED) is 0.102. The van der Waals surface area contributed by atoms with Crippen LogP contribution in [-0.4, -0.2) is 106 Å². The Labute approximate surface area is 343 Å². The predicted octanol–water partition coefficient (Wildman–Crippen LogP) is 1.13. The molecular weight excluding hydrogens is 753 g/mol. The van der Waals surface area contributed by atoms with Crippen LogP contribution >= 0.6 is 0 Å². The number of H-pyrrole nitrogens is 1. The zero-order valence-corrected chi connectivity index (χ0v) is 33.2. The van der Waals surface area contributed by atoms with Gasteiger partial charge in [0, 0.05) is 42.9 Å². The van der Waals surface area contributed by atoms with Gasteiger partial charge in [-0.3, -0.25) is 28.8 Å². The Hall–Kier alpha value is -6.06. The van der Waals surface area contributed by atoms with E-state index in [0.717, 1.165) is 27.6 Å². The van der Waals surface area contributed by atoms with Crippen molar-refractivity contribution in [1.29, 1.82) is 0 Å². The van der Waals surface area contributed by atoms with E-state index in [9.17, 15) is 33.9 Å². The fourth-order valence-electron chi connectivity index (χ4n) is 7.84. The number of para-hydroxylation sites is 1. The van der Waals surface area contributed by atoms with Crippen molar-refractivity contribution in [3.05, 3.63) is 108 Å². The Bertz CT molecular complexity index is 2090. The molecule has 2 fully saturated rings. The van der Waals surface area contributed by atoms with Crippen LogP contribution in [0.3, 0.4) is 0 Å². The van der Waals surface area contributed by atoms with Crippen LogP contribution in [0.15, 0.2) is 91.1 Å². The van der Waals surface area contributed by atoms with Crippen LogP contribution in [0.5, 0.6) is 0 Å². The summed E-state index contributed by atoms with van der Waals surface area (Å²) in [6.45, 7) is 1.90. The van der Waals surface area contributed by atoms with E-state index in [0.29, 0.717) is 32.2 Å². The summed E-state index contributed by atoms with van der Waals surface area (Å²) in [6, 6.07) is 18.5. The monoisotopic (exact) mass is 806 g/mol. The summed E-state index contributed by atoms with van der Waals surface area (Å²) in [5.74, 6) is -3.93. The first kappa shape index (κ1) is 42.5. The molecule has 15 heteroatoms. The summed E-state index contributed by atoms with van der Waals surface area (Å²) >= 11 is 0. The number of nitrogens with one attached hydrogen (secondary N) is 6. The zero-order valence-electron chi connectivity index (χ0n) is 33.2. The van der Waals surface area contributed by atoms with Gasteiger partial charge in [-0.25, -0.2) is 0 Å². The third-order valence-corrected chi connectivity index (χ3v) is 11.0. The summed E-state index contributed by atoms with van der Waals surface area (Å²) in [4.78, 5) is 90.3. The number of fused-ring (bicyclic) bond motifs is 2. The van der Waals surface area contributed by atoms with Gasteiger partial charge in [0.05, 0.1) is 6.10 Å². The van der Waals surface area contributed by atoms with Crippen LogP contribution in [0.1, 0.15) is 55.7 Å². The number of hydrogen-bond acceptors (Lipinski definition) is 8.